The van der Waals surface area contributed by atoms with E-state index in [1.165, 1.54) is 12.1 Å². The van der Waals surface area contributed by atoms with Gasteiger partial charge < -0.3 is 16.0 Å². The Morgan fingerprint density at radius 3 is 2.37 bits per heavy atom. The first-order chi connectivity index (χ1) is 14.2. The molecule has 30 heavy (non-hydrogen) atoms. The number of nitrogens with one attached hydrogen (secondary N) is 3. The highest BCUT2D eigenvalue weighted by Gasteiger charge is 2.30. The Hall–Kier alpha value is -3.47. The predicted molar refractivity (Wildman–Crippen MR) is 109 cm³/mol. The molecule has 1 atom stereocenters. The Kier molecular flexibility index (Phi) is 7.87. The van der Waals surface area contributed by atoms with Gasteiger partial charge in [0.2, 0.25) is 5.91 Å². The summed E-state index contributed by atoms with van der Waals surface area (Å²) in [5.74, 6) is 4.58. The number of hydrogen-bond acceptors (Lipinski definition) is 2. The Morgan fingerprint density at radius 1 is 1.03 bits per heavy atom. The first kappa shape index (κ1) is 22.8. The number of urea groups is 1. The molecule has 0 heterocycles. The summed E-state index contributed by atoms with van der Waals surface area (Å²) in [6, 6.07) is 12.1. The molecule has 2 aromatic carbocycles. The van der Waals surface area contributed by atoms with Crippen LogP contribution in [0.15, 0.2) is 54.6 Å². The molecule has 2 rings (SSSR count). The van der Waals surface area contributed by atoms with Crippen LogP contribution in [0.5, 0.6) is 0 Å². The molecule has 5 nitrogen and oxygen atoms in total. The molecular weight excluding hydrogens is 395 g/mol. The van der Waals surface area contributed by atoms with Gasteiger partial charge in [0.05, 0.1) is 12.1 Å². The molecule has 0 aromatic heterocycles. The molecule has 0 aliphatic carbocycles. The lowest BCUT2D eigenvalue weighted by molar-refractivity contribution is -0.137. The summed E-state index contributed by atoms with van der Waals surface area (Å²) in [5, 5.41) is 7.82. The summed E-state index contributed by atoms with van der Waals surface area (Å²) in [6.07, 6.45) is -4.44. The van der Waals surface area contributed by atoms with E-state index in [2.05, 4.69) is 27.8 Å². The molecule has 0 aliphatic heterocycles. The lowest BCUT2D eigenvalue weighted by atomic mass is 10.0. The van der Waals surface area contributed by atoms with Crippen LogP contribution < -0.4 is 16.0 Å². The van der Waals surface area contributed by atoms with Gasteiger partial charge in [-0.3, -0.25) is 4.79 Å². The van der Waals surface area contributed by atoms with E-state index in [4.69, 9.17) is 0 Å². The van der Waals surface area contributed by atoms with Crippen molar-refractivity contribution in [2.24, 2.45) is 5.92 Å². The second kappa shape index (κ2) is 10.3. The fourth-order valence-corrected chi connectivity index (χ4v) is 2.53. The number of anilines is 1. The lowest BCUT2D eigenvalue weighted by Crippen LogP contribution is -2.51. The van der Waals surface area contributed by atoms with Crippen LogP contribution in [0, 0.1) is 17.8 Å². The van der Waals surface area contributed by atoms with Gasteiger partial charge in [-0.15, -0.1) is 0 Å². The molecule has 0 saturated carbocycles. The van der Waals surface area contributed by atoms with Crippen LogP contribution in [0.3, 0.4) is 0 Å². The number of amides is 3. The second-order valence-electron chi connectivity index (χ2n) is 6.78. The molecule has 2 aromatic rings. The summed E-state index contributed by atoms with van der Waals surface area (Å²) in [4.78, 5) is 24.5. The smallest absolute Gasteiger partial charge is 0.343 e. The summed E-state index contributed by atoms with van der Waals surface area (Å²) in [7, 11) is 0. The van der Waals surface area contributed by atoms with Gasteiger partial charge >= 0.3 is 12.2 Å². The van der Waals surface area contributed by atoms with Gasteiger partial charge in [0.15, 0.2) is 0 Å². The fourth-order valence-electron chi connectivity index (χ4n) is 2.53. The zero-order chi connectivity index (χ0) is 22.1. The van der Waals surface area contributed by atoms with Crippen molar-refractivity contribution in [1.82, 2.24) is 10.6 Å². The summed E-state index contributed by atoms with van der Waals surface area (Å²) >= 11 is 0. The largest absolute Gasteiger partial charge is 0.416 e. The molecule has 0 aliphatic rings. The first-order valence-corrected chi connectivity index (χ1v) is 9.23. The molecule has 0 unspecified atom stereocenters. The van der Waals surface area contributed by atoms with Crippen molar-refractivity contribution in [2.45, 2.75) is 26.1 Å². The maximum absolute atomic E-state index is 12.7. The quantitative estimate of drug-likeness (QED) is 0.643. The van der Waals surface area contributed by atoms with Gasteiger partial charge in [-0.1, -0.05) is 50.0 Å². The molecule has 3 N–H and O–H groups in total. The van der Waals surface area contributed by atoms with Gasteiger partial charge in [-0.25, -0.2) is 4.79 Å². The predicted octanol–water partition coefficient (Wildman–Crippen LogP) is 4.02. The maximum Gasteiger partial charge on any atom is 0.416 e. The van der Waals surface area contributed by atoms with E-state index in [9.17, 15) is 22.8 Å². The number of alkyl halides is 3. The second-order valence-corrected chi connectivity index (χ2v) is 6.78. The Bertz CT molecular complexity index is 932. The number of halogens is 3. The lowest BCUT2D eigenvalue weighted by Gasteiger charge is -2.21. The van der Waals surface area contributed by atoms with E-state index in [1.54, 1.807) is 38.1 Å². The van der Waals surface area contributed by atoms with Gasteiger partial charge in [0.25, 0.3) is 0 Å². The zero-order valence-electron chi connectivity index (χ0n) is 16.5. The van der Waals surface area contributed by atoms with Gasteiger partial charge in [0.1, 0.15) is 6.04 Å². The topological polar surface area (TPSA) is 70.2 Å². The third-order valence-electron chi connectivity index (χ3n) is 4.04. The number of hydrogen-bond donors (Lipinski definition) is 3. The fraction of sp³-hybridized carbons (Fsp3) is 0.273. The van der Waals surface area contributed by atoms with Crippen LogP contribution in [0.1, 0.15) is 25.0 Å². The monoisotopic (exact) mass is 417 g/mol. The van der Waals surface area contributed by atoms with Crippen LogP contribution in [0.25, 0.3) is 0 Å². The van der Waals surface area contributed by atoms with Crippen molar-refractivity contribution in [3.8, 4) is 11.8 Å². The number of carbonyl (C=O) groups excluding carboxylic acids is 2. The number of benzene rings is 2. The van der Waals surface area contributed by atoms with E-state index in [0.29, 0.717) is 5.69 Å². The Morgan fingerprint density at radius 2 is 1.73 bits per heavy atom. The van der Waals surface area contributed by atoms with Crippen molar-refractivity contribution in [3.63, 3.8) is 0 Å². The normalized spacial score (nSPS) is 11.8. The van der Waals surface area contributed by atoms with Crippen LogP contribution in [0.2, 0.25) is 0 Å². The molecule has 3 amide bonds. The Balaban J connectivity index is 1.92. The van der Waals surface area contributed by atoms with Gasteiger partial charge in [-0.2, -0.15) is 13.2 Å². The summed E-state index contributed by atoms with van der Waals surface area (Å²) in [6.45, 7) is 3.49. The molecule has 0 bridgehead atoms. The average molecular weight is 417 g/mol. The van der Waals surface area contributed by atoms with Gasteiger partial charge in [0, 0.05) is 11.3 Å². The van der Waals surface area contributed by atoms with Crippen molar-refractivity contribution in [1.29, 1.82) is 0 Å². The van der Waals surface area contributed by atoms with E-state index < -0.39 is 29.7 Å². The molecular formula is C22H22F3N3O2. The molecule has 158 valence electrons. The van der Waals surface area contributed by atoms with Crippen molar-refractivity contribution >= 4 is 17.6 Å². The van der Waals surface area contributed by atoms with Crippen LogP contribution >= 0.6 is 0 Å². The van der Waals surface area contributed by atoms with Crippen molar-refractivity contribution in [3.05, 3.63) is 65.7 Å². The van der Waals surface area contributed by atoms with Crippen molar-refractivity contribution < 1.29 is 22.8 Å². The molecule has 0 saturated heterocycles. The first-order valence-electron chi connectivity index (χ1n) is 9.23. The highest BCUT2D eigenvalue weighted by atomic mass is 19.4. The molecule has 8 heteroatoms. The third kappa shape index (κ3) is 7.17. The van der Waals surface area contributed by atoms with Crippen molar-refractivity contribution in [2.75, 3.05) is 11.9 Å². The Labute approximate surface area is 173 Å². The SMILES string of the molecule is CC(C)[C@@H](NC(=O)Nc1ccccc1)C(=O)NCC#Cc1cccc(C(F)(F)F)c1. The maximum atomic E-state index is 12.7. The number of carbonyl (C=O) groups is 2. The highest BCUT2D eigenvalue weighted by molar-refractivity contribution is 5.93. The third-order valence-corrected chi connectivity index (χ3v) is 4.04. The average Bonchev–Trinajstić information content (AvgIpc) is 2.69. The number of para-hydroxylation sites is 1. The van der Waals surface area contributed by atoms with Crippen LogP contribution in [0.4, 0.5) is 23.7 Å². The van der Waals surface area contributed by atoms with Crippen LogP contribution in [-0.2, 0) is 11.0 Å². The highest BCUT2D eigenvalue weighted by Crippen LogP contribution is 2.29. The zero-order valence-corrected chi connectivity index (χ0v) is 16.5. The standard InChI is InChI=1S/C22H22F3N3O2/c1-15(2)19(28-21(30)27-18-11-4-3-5-12-18)20(29)26-13-7-9-16-8-6-10-17(14-16)22(23,24)25/h3-6,8,10-12,14-15,19H,13H2,1-2H3,(H,26,29)(H2,27,28,30)/t19-/m1/s1. The minimum Gasteiger partial charge on any atom is -0.343 e. The van der Waals surface area contributed by atoms with E-state index in [-0.39, 0.29) is 18.0 Å². The molecule has 0 fully saturated rings. The molecule has 0 radical (unpaired) electrons. The van der Waals surface area contributed by atoms with Crippen LogP contribution in [-0.4, -0.2) is 24.5 Å². The summed E-state index contributed by atoms with van der Waals surface area (Å²) < 4.78 is 38.2. The van der Waals surface area contributed by atoms with E-state index in [1.807, 2.05) is 6.07 Å². The van der Waals surface area contributed by atoms with E-state index in [0.717, 1.165) is 12.1 Å². The van der Waals surface area contributed by atoms with Gasteiger partial charge in [-0.05, 0) is 36.2 Å². The summed E-state index contributed by atoms with van der Waals surface area (Å²) in [5.41, 5.74) is -0.00319. The minimum absolute atomic E-state index is 0.0692. The number of rotatable bonds is 5. The minimum atomic E-state index is -4.44. The van der Waals surface area contributed by atoms with E-state index >= 15 is 0 Å². The molecule has 0 spiro atoms.